The third kappa shape index (κ3) is 3.64. The molecule has 2 rings (SSSR count). The van der Waals surface area contributed by atoms with Gasteiger partial charge in [0, 0.05) is 19.2 Å². The smallest absolute Gasteiger partial charge is 0.158 e. The lowest BCUT2D eigenvalue weighted by atomic mass is 10.3. The summed E-state index contributed by atoms with van der Waals surface area (Å²) in [7, 11) is -3.25. The van der Waals surface area contributed by atoms with Crippen molar-refractivity contribution in [3.63, 3.8) is 0 Å². The lowest BCUT2D eigenvalue weighted by Gasteiger charge is -2.18. The highest BCUT2D eigenvalue weighted by Crippen LogP contribution is 2.22. The van der Waals surface area contributed by atoms with E-state index in [4.69, 9.17) is 4.74 Å². The molecular formula is C11H21NO4S. The molecule has 0 spiro atoms. The molecular weight excluding hydrogens is 242 g/mol. The molecule has 0 radical (unpaired) electrons. The van der Waals surface area contributed by atoms with Gasteiger partial charge in [0.2, 0.25) is 0 Å². The maximum absolute atomic E-state index is 12.0. The summed E-state index contributed by atoms with van der Waals surface area (Å²) in [6.07, 6.45) is 1.75. The quantitative estimate of drug-likeness (QED) is 0.687. The van der Waals surface area contributed by atoms with Crippen molar-refractivity contribution >= 4 is 9.84 Å². The highest BCUT2D eigenvalue weighted by molar-refractivity contribution is 7.92. The zero-order valence-electron chi connectivity index (χ0n) is 10.1. The van der Waals surface area contributed by atoms with Crippen molar-refractivity contribution < 1.29 is 18.3 Å². The van der Waals surface area contributed by atoms with E-state index >= 15 is 0 Å². The number of nitrogens with one attached hydrogen (secondary N) is 1. The molecule has 0 aromatic rings. The van der Waals surface area contributed by atoms with E-state index in [1.54, 1.807) is 6.92 Å². The maximum Gasteiger partial charge on any atom is 0.158 e. The molecule has 1 saturated carbocycles. The van der Waals surface area contributed by atoms with Crippen LogP contribution >= 0.6 is 0 Å². The number of rotatable bonds is 6. The van der Waals surface area contributed by atoms with Gasteiger partial charge in [-0.15, -0.1) is 0 Å². The first kappa shape index (κ1) is 13.3. The molecule has 1 aliphatic carbocycles. The molecule has 0 bridgehead atoms. The maximum atomic E-state index is 12.0. The van der Waals surface area contributed by atoms with Crippen LogP contribution in [0, 0.1) is 0 Å². The molecule has 1 heterocycles. The predicted molar refractivity (Wildman–Crippen MR) is 64.6 cm³/mol. The van der Waals surface area contributed by atoms with Gasteiger partial charge in [-0.1, -0.05) is 0 Å². The summed E-state index contributed by atoms with van der Waals surface area (Å²) in [5, 5.41) is 12.4. The van der Waals surface area contributed by atoms with Crippen molar-refractivity contribution in [2.75, 3.05) is 18.9 Å². The van der Waals surface area contributed by atoms with E-state index in [2.05, 4.69) is 5.32 Å². The van der Waals surface area contributed by atoms with Crippen LogP contribution < -0.4 is 5.32 Å². The van der Waals surface area contributed by atoms with E-state index in [0.29, 0.717) is 25.6 Å². The third-order valence-electron chi connectivity index (χ3n) is 3.41. The van der Waals surface area contributed by atoms with Crippen LogP contribution in [0.25, 0.3) is 0 Å². The molecule has 0 aromatic heterocycles. The van der Waals surface area contributed by atoms with E-state index in [1.165, 1.54) is 0 Å². The van der Waals surface area contributed by atoms with Gasteiger partial charge >= 0.3 is 0 Å². The molecule has 2 aliphatic rings. The van der Waals surface area contributed by atoms with Gasteiger partial charge in [-0.25, -0.2) is 8.42 Å². The molecule has 17 heavy (non-hydrogen) atoms. The van der Waals surface area contributed by atoms with Crippen molar-refractivity contribution in [2.24, 2.45) is 0 Å². The molecule has 1 aliphatic heterocycles. The minimum Gasteiger partial charge on any atom is -0.391 e. The summed E-state index contributed by atoms with van der Waals surface area (Å²) >= 11 is 0. The highest BCUT2D eigenvalue weighted by atomic mass is 32.2. The van der Waals surface area contributed by atoms with E-state index in [-0.39, 0.29) is 11.9 Å². The van der Waals surface area contributed by atoms with Crippen molar-refractivity contribution in [2.45, 2.75) is 49.7 Å². The van der Waals surface area contributed by atoms with Crippen molar-refractivity contribution in [3.05, 3.63) is 0 Å². The van der Waals surface area contributed by atoms with Crippen LogP contribution in [0.4, 0.5) is 0 Å². The minimum absolute atomic E-state index is 0.162. The zero-order valence-corrected chi connectivity index (χ0v) is 10.9. The van der Waals surface area contributed by atoms with Gasteiger partial charge in [-0.2, -0.15) is 0 Å². The molecule has 2 fully saturated rings. The molecule has 3 atom stereocenters. The Balaban J connectivity index is 1.82. The average Bonchev–Trinajstić information content (AvgIpc) is 2.96. The van der Waals surface area contributed by atoms with Crippen LogP contribution in [0.1, 0.15) is 26.2 Å². The number of hydrogen-bond donors (Lipinski definition) is 2. The standard InChI is InChI=1S/C11H21NO4S/c1-8-11(4-5-16-8)17(14,15)7-10(13)6-12-9-2-3-9/h8-13H,2-7H2,1H3. The lowest BCUT2D eigenvalue weighted by Crippen LogP contribution is -2.38. The van der Waals surface area contributed by atoms with Gasteiger partial charge in [-0.3, -0.25) is 0 Å². The normalized spacial score (nSPS) is 31.6. The summed E-state index contributed by atoms with van der Waals surface area (Å²) < 4.78 is 29.4. The van der Waals surface area contributed by atoms with Crippen LogP contribution in [0.3, 0.4) is 0 Å². The van der Waals surface area contributed by atoms with Crippen LogP contribution in [0.2, 0.25) is 0 Å². The Kier molecular flexibility index (Phi) is 4.07. The molecule has 0 amide bonds. The molecule has 1 saturated heterocycles. The lowest BCUT2D eigenvalue weighted by molar-refractivity contribution is 0.126. The Morgan fingerprint density at radius 3 is 2.65 bits per heavy atom. The van der Waals surface area contributed by atoms with Gasteiger partial charge in [0.15, 0.2) is 9.84 Å². The van der Waals surface area contributed by atoms with Crippen molar-refractivity contribution in [1.82, 2.24) is 5.32 Å². The number of hydrogen-bond acceptors (Lipinski definition) is 5. The Hall–Kier alpha value is -0.170. The Labute approximate surface area is 102 Å². The summed E-state index contributed by atoms with van der Waals surface area (Å²) in [4.78, 5) is 0. The van der Waals surface area contributed by atoms with Crippen LogP contribution in [-0.4, -0.2) is 55.9 Å². The summed E-state index contributed by atoms with van der Waals surface area (Å²) in [6, 6.07) is 0.487. The minimum atomic E-state index is -3.25. The number of ether oxygens (including phenoxy) is 1. The Morgan fingerprint density at radius 2 is 2.12 bits per heavy atom. The number of aliphatic hydroxyl groups is 1. The Morgan fingerprint density at radius 1 is 1.41 bits per heavy atom. The van der Waals surface area contributed by atoms with E-state index in [1.807, 2.05) is 0 Å². The first-order chi connectivity index (χ1) is 7.99. The number of aliphatic hydroxyl groups excluding tert-OH is 1. The van der Waals surface area contributed by atoms with Crippen LogP contribution in [0.5, 0.6) is 0 Å². The Bertz CT molecular complexity index is 352. The van der Waals surface area contributed by atoms with Gasteiger partial charge < -0.3 is 15.2 Å². The molecule has 5 nitrogen and oxygen atoms in total. The zero-order chi connectivity index (χ0) is 12.5. The van der Waals surface area contributed by atoms with E-state index in [9.17, 15) is 13.5 Å². The average molecular weight is 263 g/mol. The largest absolute Gasteiger partial charge is 0.391 e. The highest BCUT2D eigenvalue weighted by Gasteiger charge is 2.36. The third-order valence-corrected chi connectivity index (χ3v) is 5.80. The van der Waals surface area contributed by atoms with Gasteiger partial charge in [-0.05, 0) is 26.2 Å². The fraction of sp³-hybridized carbons (Fsp3) is 1.00. The molecule has 3 unspecified atom stereocenters. The first-order valence-electron chi connectivity index (χ1n) is 6.23. The molecule has 6 heteroatoms. The number of sulfone groups is 1. The fourth-order valence-electron chi connectivity index (χ4n) is 2.22. The first-order valence-corrected chi connectivity index (χ1v) is 7.95. The van der Waals surface area contributed by atoms with Gasteiger partial charge in [0.25, 0.3) is 0 Å². The molecule has 100 valence electrons. The fourth-order valence-corrected chi connectivity index (χ4v) is 4.24. The second-order valence-electron chi connectivity index (χ2n) is 5.07. The van der Waals surface area contributed by atoms with Crippen LogP contribution in [-0.2, 0) is 14.6 Å². The van der Waals surface area contributed by atoms with Crippen molar-refractivity contribution in [1.29, 1.82) is 0 Å². The summed E-state index contributed by atoms with van der Waals surface area (Å²) in [6.45, 7) is 2.65. The van der Waals surface area contributed by atoms with Gasteiger partial charge in [0.05, 0.1) is 23.2 Å². The second kappa shape index (κ2) is 5.22. The summed E-state index contributed by atoms with van der Waals surface area (Å²) in [5.74, 6) is -0.162. The van der Waals surface area contributed by atoms with Crippen molar-refractivity contribution in [3.8, 4) is 0 Å². The van der Waals surface area contributed by atoms with E-state index < -0.39 is 21.2 Å². The molecule has 2 N–H and O–H groups in total. The molecule has 0 aromatic carbocycles. The topological polar surface area (TPSA) is 75.6 Å². The second-order valence-corrected chi connectivity index (χ2v) is 7.33. The summed E-state index contributed by atoms with van der Waals surface area (Å²) in [5.41, 5.74) is 0. The predicted octanol–water partition coefficient (Wildman–Crippen LogP) is -0.308. The van der Waals surface area contributed by atoms with Gasteiger partial charge in [0.1, 0.15) is 0 Å². The van der Waals surface area contributed by atoms with Crippen LogP contribution in [0.15, 0.2) is 0 Å². The SMILES string of the molecule is CC1OCCC1S(=O)(=O)CC(O)CNC1CC1. The van der Waals surface area contributed by atoms with E-state index in [0.717, 1.165) is 12.8 Å². The monoisotopic (exact) mass is 263 g/mol.